The summed E-state index contributed by atoms with van der Waals surface area (Å²) in [5.74, 6) is -1.41. The van der Waals surface area contributed by atoms with E-state index in [1.165, 1.54) is 0 Å². The van der Waals surface area contributed by atoms with Gasteiger partial charge in [0.25, 0.3) is 11.1 Å². The highest BCUT2D eigenvalue weighted by Gasteiger charge is 2.35. The van der Waals surface area contributed by atoms with E-state index >= 15 is 0 Å². The molecule has 4 rings (SSSR count). The zero-order chi connectivity index (χ0) is 21.3. The molecule has 0 atom stereocenters. The molecular formula is C22H15N3O4S. The van der Waals surface area contributed by atoms with Gasteiger partial charge in [0, 0.05) is 22.7 Å². The first kappa shape index (κ1) is 19.5. The van der Waals surface area contributed by atoms with Gasteiger partial charge in [-0.2, -0.15) is 5.26 Å². The number of carbonyl (C=O) groups excluding carboxylic acids is 2. The van der Waals surface area contributed by atoms with E-state index in [1.54, 1.807) is 47.2 Å². The molecule has 1 saturated heterocycles. The number of fused-ring (bicyclic) bond motifs is 1. The second-order valence-electron chi connectivity index (χ2n) is 6.66. The van der Waals surface area contributed by atoms with E-state index in [2.05, 4.69) is 6.07 Å². The number of hydrogen-bond donors (Lipinski definition) is 1. The number of nitriles is 1. The fourth-order valence-corrected chi connectivity index (χ4v) is 4.21. The molecule has 0 spiro atoms. The summed E-state index contributed by atoms with van der Waals surface area (Å²) >= 11 is 0.831. The molecule has 1 N–H and O–H groups in total. The van der Waals surface area contributed by atoms with Crippen LogP contribution in [0, 0.1) is 11.3 Å². The second kappa shape index (κ2) is 7.89. The molecule has 148 valence electrons. The molecule has 2 amide bonds. The average molecular weight is 417 g/mol. The van der Waals surface area contributed by atoms with Crippen molar-refractivity contribution in [2.75, 3.05) is 0 Å². The molecule has 0 aliphatic carbocycles. The summed E-state index contributed by atoms with van der Waals surface area (Å²) in [5.41, 5.74) is 2.40. The molecule has 1 aliphatic rings. The molecule has 8 heteroatoms. The highest BCUT2D eigenvalue weighted by Crippen LogP contribution is 2.35. The topological polar surface area (TPSA) is 103 Å². The van der Waals surface area contributed by atoms with Gasteiger partial charge in [0.2, 0.25) is 0 Å². The number of aromatic nitrogens is 1. The Hall–Kier alpha value is -3.83. The van der Waals surface area contributed by atoms with Crippen LogP contribution in [0.25, 0.3) is 17.0 Å². The number of amides is 2. The number of para-hydroxylation sites is 1. The molecule has 0 radical (unpaired) electrons. The van der Waals surface area contributed by atoms with E-state index in [1.807, 2.05) is 18.2 Å². The minimum Gasteiger partial charge on any atom is -0.480 e. The molecule has 7 nitrogen and oxygen atoms in total. The Morgan fingerprint density at radius 1 is 1.13 bits per heavy atom. The van der Waals surface area contributed by atoms with Crippen LogP contribution < -0.4 is 0 Å². The van der Waals surface area contributed by atoms with E-state index in [-0.39, 0.29) is 18.0 Å². The van der Waals surface area contributed by atoms with Gasteiger partial charge in [0.05, 0.1) is 23.1 Å². The predicted molar refractivity (Wildman–Crippen MR) is 112 cm³/mol. The number of imide groups is 1. The smallest absolute Gasteiger partial charge is 0.323 e. The predicted octanol–water partition coefficient (Wildman–Crippen LogP) is 3.83. The van der Waals surface area contributed by atoms with Crippen LogP contribution >= 0.6 is 11.8 Å². The average Bonchev–Trinajstić information content (AvgIpc) is 3.20. The number of carbonyl (C=O) groups is 3. The number of aliphatic carboxylic acids is 1. The largest absolute Gasteiger partial charge is 0.480 e. The van der Waals surface area contributed by atoms with Crippen LogP contribution in [0.15, 0.2) is 59.6 Å². The number of hydrogen-bond acceptors (Lipinski definition) is 5. The van der Waals surface area contributed by atoms with Gasteiger partial charge in [-0.1, -0.05) is 36.4 Å². The third kappa shape index (κ3) is 3.58. The van der Waals surface area contributed by atoms with Crippen LogP contribution in [0.1, 0.15) is 16.7 Å². The lowest BCUT2D eigenvalue weighted by Crippen LogP contribution is -2.27. The zero-order valence-electron chi connectivity index (χ0n) is 15.6. The van der Waals surface area contributed by atoms with Crippen molar-refractivity contribution in [1.82, 2.24) is 9.47 Å². The molecule has 1 fully saturated rings. The van der Waals surface area contributed by atoms with Crippen molar-refractivity contribution in [1.29, 1.82) is 5.26 Å². The summed E-state index contributed by atoms with van der Waals surface area (Å²) in [6, 6.07) is 16.2. The Kier molecular flexibility index (Phi) is 5.12. The lowest BCUT2D eigenvalue weighted by Gasteiger charge is -2.13. The van der Waals surface area contributed by atoms with Gasteiger partial charge < -0.3 is 9.67 Å². The van der Waals surface area contributed by atoms with Gasteiger partial charge in [0.15, 0.2) is 0 Å². The number of nitrogens with zero attached hydrogens (tertiary/aromatic N) is 3. The molecular weight excluding hydrogens is 402 g/mol. The van der Waals surface area contributed by atoms with Crippen molar-refractivity contribution in [2.24, 2.45) is 0 Å². The van der Waals surface area contributed by atoms with Crippen molar-refractivity contribution in [2.45, 2.75) is 13.1 Å². The van der Waals surface area contributed by atoms with Crippen LogP contribution in [0.3, 0.4) is 0 Å². The minimum absolute atomic E-state index is 0.0204. The first-order valence-corrected chi connectivity index (χ1v) is 9.82. The minimum atomic E-state index is -0.973. The van der Waals surface area contributed by atoms with E-state index in [0.29, 0.717) is 16.7 Å². The Labute approximate surface area is 175 Å². The fourth-order valence-electron chi connectivity index (χ4n) is 3.38. The number of carboxylic acid groups (broad SMARTS) is 1. The van der Waals surface area contributed by atoms with Crippen LogP contribution in [-0.2, 0) is 22.7 Å². The van der Waals surface area contributed by atoms with E-state index in [9.17, 15) is 19.6 Å². The van der Waals surface area contributed by atoms with Crippen LogP contribution in [-0.4, -0.2) is 31.7 Å². The first-order chi connectivity index (χ1) is 14.5. The molecule has 1 aromatic heterocycles. The third-order valence-electron chi connectivity index (χ3n) is 4.75. The maximum Gasteiger partial charge on any atom is 0.323 e. The monoisotopic (exact) mass is 417 g/mol. The molecule has 0 saturated carbocycles. The Balaban J connectivity index is 1.67. The standard InChI is InChI=1S/C22H15N3O4S/c23-10-14-5-1-2-6-15(14)12-25-21(28)19(30-22(25)29)9-16-11-24(13-20(26)27)18-8-4-3-7-17(16)18/h1-9,11H,12-13H2,(H,26,27)/b19-9+. The molecule has 3 aromatic rings. The summed E-state index contributed by atoms with van der Waals surface area (Å²) in [6.45, 7) is -0.187. The lowest BCUT2D eigenvalue weighted by atomic mass is 10.1. The first-order valence-electron chi connectivity index (χ1n) is 9.01. The number of rotatable bonds is 5. The third-order valence-corrected chi connectivity index (χ3v) is 5.66. The van der Waals surface area contributed by atoms with Gasteiger partial charge in [-0.05, 0) is 35.5 Å². The quantitative estimate of drug-likeness (QED) is 0.633. The summed E-state index contributed by atoms with van der Waals surface area (Å²) in [6.07, 6.45) is 3.28. The summed E-state index contributed by atoms with van der Waals surface area (Å²) in [5, 5.41) is 18.8. The Bertz CT molecular complexity index is 1270. The van der Waals surface area contributed by atoms with Gasteiger partial charge in [-0.25, -0.2) is 0 Å². The number of carboxylic acids is 1. The highest BCUT2D eigenvalue weighted by atomic mass is 32.2. The SMILES string of the molecule is N#Cc1ccccc1CN1C(=O)S/C(=C/c2cn(CC(=O)O)c3ccccc23)C1=O. The molecule has 0 unspecified atom stereocenters. The highest BCUT2D eigenvalue weighted by molar-refractivity contribution is 8.18. The van der Waals surface area contributed by atoms with E-state index in [4.69, 9.17) is 5.11 Å². The van der Waals surface area contributed by atoms with Gasteiger partial charge in [-0.3, -0.25) is 19.3 Å². The van der Waals surface area contributed by atoms with Crippen molar-refractivity contribution in [3.05, 3.63) is 76.3 Å². The molecule has 2 aromatic carbocycles. The molecule has 0 bridgehead atoms. The summed E-state index contributed by atoms with van der Waals surface area (Å²) in [7, 11) is 0. The second-order valence-corrected chi connectivity index (χ2v) is 7.65. The van der Waals surface area contributed by atoms with Crippen LogP contribution in [0.4, 0.5) is 4.79 Å². The van der Waals surface area contributed by atoms with E-state index < -0.39 is 17.1 Å². The van der Waals surface area contributed by atoms with Crippen LogP contribution in [0.5, 0.6) is 0 Å². The van der Waals surface area contributed by atoms with Gasteiger partial charge in [0.1, 0.15) is 6.54 Å². The van der Waals surface area contributed by atoms with E-state index in [0.717, 1.165) is 27.6 Å². The summed E-state index contributed by atoms with van der Waals surface area (Å²) < 4.78 is 1.59. The maximum atomic E-state index is 12.9. The lowest BCUT2D eigenvalue weighted by molar-refractivity contribution is -0.137. The Morgan fingerprint density at radius 3 is 2.63 bits per heavy atom. The summed E-state index contributed by atoms with van der Waals surface area (Å²) in [4.78, 5) is 37.9. The van der Waals surface area contributed by atoms with Gasteiger partial charge >= 0.3 is 5.97 Å². The zero-order valence-corrected chi connectivity index (χ0v) is 16.4. The Morgan fingerprint density at radius 2 is 1.87 bits per heavy atom. The van der Waals surface area contributed by atoms with Gasteiger partial charge in [-0.15, -0.1) is 0 Å². The van der Waals surface area contributed by atoms with Crippen molar-refractivity contribution >= 4 is 45.9 Å². The normalized spacial score (nSPS) is 15.2. The van der Waals surface area contributed by atoms with Crippen molar-refractivity contribution in [3.63, 3.8) is 0 Å². The molecule has 2 heterocycles. The number of thioether (sulfide) groups is 1. The molecule has 1 aliphatic heterocycles. The number of benzene rings is 2. The molecule has 30 heavy (non-hydrogen) atoms. The maximum absolute atomic E-state index is 12.9. The van der Waals surface area contributed by atoms with Crippen molar-refractivity contribution in [3.8, 4) is 6.07 Å². The van der Waals surface area contributed by atoms with Crippen molar-refractivity contribution < 1.29 is 19.5 Å². The fraction of sp³-hybridized carbons (Fsp3) is 0.0909. The van der Waals surface area contributed by atoms with Crippen LogP contribution in [0.2, 0.25) is 0 Å².